The lowest BCUT2D eigenvalue weighted by Crippen LogP contribution is -2.42. The van der Waals surface area contributed by atoms with Crippen molar-refractivity contribution in [3.05, 3.63) is 23.2 Å². The first-order valence-electron chi connectivity index (χ1n) is 7.58. The molecule has 1 aromatic rings. The monoisotopic (exact) mass is 338 g/mol. The maximum Gasteiger partial charge on any atom is 0.238 e. The molecule has 0 aromatic heterocycles. The van der Waals surface area contributed by atoms with Crippen LogP contribution in [-0.4, -0.2) is 35.1 Å². The third-order valence-corrected chi connectivity index (χ3v) is 5.64. The number of thioether (sulfide) groups is 1. The van der Waals surface area contributed by atoms with E-state index in [0.717, 1.165) is 30.1 Å². The second-order valence-corrected chi connectivity index (χ2v) is 7.71. The number of nitrogens with zero attached hydrogens (tertiary/aromatic N) is 1. The molecular weight excluding hydrogens is 320 g/mol. The van der Waals surface area contributed by atoms with Gasteiger partial charge in [-0.2, -0.15) is 0 Å². The Bertz CT molecular complexity index is 608. The normalized spacial score (nSPS) is 24.6. The molecule has 2 amide bonds. The molecule has 3 rings (SSSR count). The van der Waals surface area contributed by atoms with E-state index in [1.54, 1.807) is 12.1 Å². The molecule has 1 saturated heterocycles. The fourth-order valence-electron chi connectivity index (χ4n) is 2.96. The Hall–Kier alpha value is -1.20. The third kappa shape index (κ3) is 3.41. The number of carbonyl (C=O) groups is 2. The highest BCUT2D eigenvalue weighted by Crippen LogP contribution is 2.38. The molecule has 2 aliphatic heterocycles. The lowest BCUT2D eigenvalue weighted by atomic mass is 10.00. The summed E-state index contributed by atoms with van der Waals surface area (Å²) in [5.74, 6) is 0.517. The molecule has 0 spiro atoms. The van der Waals surface area contributed by atoms with Gasteiger partial charge in [0.05, 0.1) is 10.9 Å². The first-order valence-corrected chi connectivity index (χ1v) is 8.83. The van der Waals surface area contributed by atoms with Gasteiger partial charge in [0.1, 0.15) is 0 Å². The number of nitrogens with one attached hydrogen (secondary N) is 1. The maximum atomic E-state index is 12.4. The second-order valence-electron chi connectivity index (χ2n) is 6.03. The van der Waals surface area contributed by atoms with Gasteiger partial charge in [-0.1, -0.05) is 18.5 Å². The van der Waals surface area contributed by atoms with Crippen molar-refractivity contribution in [2.45, 2.75) is 36.3 Å². The number of fused-ring (bicyclic) bond motifs is 1. The minimum Gasteiger partial charge on any atom is -0.342 e. The van der Waals surface area contributed by atoms with Crippen LogP contribution in [0, 0.1) is 5.92 Å². The Morgan fingerprint density at radius 3 is 3.09 bits per heavy atom. The Morgan fingerprint density at radius 2 is 2.32 bits per heavy atom. The highest BCUT2D eigenvalue weighted by molar-refractivity contribution is 8.01. The summed E-state index contributed by atoms with van der Waals surface area (Å²) in [6.45, 7) is 3.79. The Kier molecular flexibility index (Phi) is 4.64. The number of carbonyl (C=O) groups excluding carboxylic acids is 2. The number of amides is 2. The summed E-state index contributed by atoms with van der Waals surface area (Å²) in [5.41, 5.74) is 0.734. The molecule has 0 radical (unpaired) electrons. The summed E-state index contributed by atoms with van der Waals surface area (Å²) in [7, 11) is 0. The van der Waals surface area contributed by atoms with Crippen LogP contribution >= 0.6 is 23.4 Å². The third-order valence-electron chi connectivity index (χ3n) is 4.13. The summed E-state index contributed by atoms with van der Waals surface area (Å²) in [6.07, 6.45) is 2.49. The quantitative estimate of drug-likeness (QED) is 0.899. The van der Waals surface area contributed by atoms with E-state index in [-0.39, 0.29) is 23.5 Å². The largest absolute Gasteiger partial charge is 0.342 e. The number of hydrogen-bond donors (Lipinski definition) is 1. The van der Waals surface area contributed by atoms with Crippen molar-refractivity contribution in [2.24, 2.45) is 5.92 Å². The van der Waals surface area contributed by atoms with Crippen LogP contribution < -0.4 is 5.32 Å². The van der Waals surface area contributed by atoms with Crippen LogP contribution in [0.15, 0.2) is 23.1 Å². The standard InChI is InChI=1S/C16H19ClN2O2S/c1-10-3-2-6-19(9-10)15(20)8-14-16(21)18-12-7-11(17)4-5-13(12)22-14/h4-5,7,10,14H,2-3,6,8-9H2,1H3,(H,18,21)/t10-,14+/m0/s1. The van der Waals surface area contributed by atoms with Crippen molar-refractivity contribution in [1.82, 2.24) is 4.90 Å². The van der Waals surface area contributed by atoms with Gasteiger partial charge in [0, 0.05) is 29.4 Å². The molecule has 22 heavy (non-hydrogen) atoms. The Labute approximate surface area is 139 Å². The molecule has 2 atom stereocenters. The molecule has 118 valence electrons. The van der Waals surface area contributed by atoms with E-state index in [4.69, 9.17) is 11.6 Å². The van der Waals surface area contributed by atoms with E-state index in [1.165, 1.54) is 18.2 Å². The minimum absolute atomic E-state index is 0.0802. The highest BCUT2D eigenvalue weighted by Gasteiger charge is 2.31. The molecule has 2 heterocycles. The van der Waals surface area contributed by atoms with Crippen molar-refractivity contribution in [3.8, 4) is 0 Å². The number of hydrogen-bond acceptors (Lipinski definition) is 3. The predicted octanol–water partition coefficient (Wildman–Crippen LogP) is 3.40. The van der Waals surface area contributed by atoms with Crippen LogP contribution in [0.4, 0.5) is 5.69 Å². The van der Waals surface area contributed by atoms with Crippen LogP contribution in [-0.2, 0) is 9.59 Å². The molecule has 6 heteroatoms. The summed E-state index contributed by atoms with van der Waals surface area (Å²) in [4.78, 5) is 27.5. The van der Waals surface area contributed by atoms with Gasteiger partial charge in [-0.25, -0.2) is 0 Å². The van der Waals surface area contributed by atoms with Crippen molar-refractivity contribution in [3.63, 3.8) is 0 Å². The van der Waals surface area contributed by atoms with E-state index >= 15 is 0 Å². The number of likely N-dealkylation sites (tertiary alicyclic amines) is 1. The van der Waals surface area contributed by atoms with Gasteiger partial charge in [0.25, 0.3) is 0 Å². The highest BCUT2D eigenvalue weighted by atomic mass is 35.5. The molecule has 0 aliphatic carbocycles. The van der Waals surface area contributed by atoms with Gasteiger partial charge in [-0.05, 0) is 37.0 Å². The van der Waals surface area contributed by atoms with Crippen molar-refractivity contribution >= 4 is 40.9 Å². The SMILES string of the molecule is C[C@H]1CCCN(C(=O)C[C@H]2Sc3ccc(Cl)cc3NC2=O)C1. The second kappa shape index (κ2) is 6.50. The van der Waals surface area contributed by atoms with Gasteiger partial charge in [-0.15, -0.1) is 11.8 Å². The van der Waals surface area contributed by atoms with Crippen LogP contribution in [0.2, 0.25) is 5.02 Å². The average molecular weight is 339 g/mol. The first kappa shape index (κ1) is 15.7. The smallest absolute Gasteiger partial charge is 0.238 e. The summed E-state index contributed by atoms with van der Waals surface area (Å²) >= 11 is 7.39. The maximum absolute atomic E-state index is 12.4. The van der Waals surface area contributed by atoms with E-state index in [2.05, 4.69) is 12.2 Å². The number of halogens is 1. The Morgan fingerprint density at radius 1 is 1.50 bits per heavy atom. The minimum atomic E-state index is -0.363. The van der Waals surface area contributed by atoms with Gasteiger partial charge < -0.3 is 10.2 Å². The van der Waals surface area contributed by atoms with E-state index < -0.39 is 0 Å². The van der Waals surface area contributed by atoms with Gasteiger partial charge in [0.2, 0.25) is 11.8 Å². The zero-order chi connectivity index (χ0) is 15.7. The number of benzene rings is 1. The first-order chi connectivity index (χ1) is 10.5. The zero-order valence-corrected chi connectivity index (χ0v) is 14.0. The summed E-state index contributed by atoms with van der Waals surface area (Å²) in [5, 5.41) is 3.08. The fourth-order valence-corrected chi connectivity index (χ4v) is 4.21. The van der Waals surface area contributed by atoms with Crippen LogP contribution in [0.25, 0.3) is 0 Å². The van der Waals surface area contributed by atoms with Crippen LogP contribution in [0.3, 0.4) is 0 Å². The van der Waals surface area contributed by atoms with Crippen molar-refractivity contribution in [1.29, 1.82) is 0 Å². The topological polar surface area (TPSA) is 49.4 Å². The summed E-state index contributed by atoms with van der Waals surface area (Å²) < 4.78 is 0. The van der Waals surface area contributed by atoms with Crippen molar-refractivity contribution < 1.29 is 9.59 Å². The molecular formula is C16H19ClN2O2S. The molecule has 0 bridgehead atoms. The molecule has 1 N–H and O–H groups in total. The zero-order valence-electron chi connectivity index (χ0n) is 12.5. The lowest BCUT2D eigenvalue weighted by Gasteiger charge is -2.32. The molecule has 0 saturated carbocycles. The Balaban J connectivity index is 1.67. The summed E-state index contributed by atoms with van der Waals surface area (Å²) in [6, 6.07) is 5.43. The van der Waals surface area contributed by atoms with E-state index in [9.17, 15) is 9.59 Å². The molecule has 1 aromatic carbocycles. The fraction of sp³-hybridized carbons (Fsp3) is 0.500. The molecule has 1 fully saturated rings. The van der Waals surface area contributed by atoms with Crippen LogP contribution in [0.5, 0.6) is 0 Å². The molecule has 0 unspecified atom stereocenters. The van der Waals surface area contributed by atoms with Gasteiger partial charge >= 0.3 is 0 Å². The number of rotatable bonds is 2. The van der Waals surface area contributed by atoms with Gasteiger partial charge in [-0.3, -0.25) is 9.59 Å². The number of piperidine rings is 1. The van der Waals surface area contributed by atoms with Gasteiger partial charge in [0.15, 0.2) is 0 Å². The molecule has 2 aliphatic rings. The van der Waals surface area contributed by atoms with Crippen LogP contribution in [0.1, 0.15) is 26.2 Å². The molecule has 4 nitrogen and oxygen atoms in total. The van der Waals surface area contributed by atoms with E-state index in [1.807, 2.05) is 11.0 Å². The van der Waals surface area contributed by atoms with E-state index in [0.29, 0.717) is 10.9 Å². The predicted molar refractivity (Wildman–Crippen MR) is 89.3 cm³/mol. The lowest BCUT2D eigenvalue weighted by molar-refractivity contribution is -0.134. The average Bonchev–Trinajstić information content (AvgIpc) is 2.48. The number of anilines is 1. The van der Waals surface area contributed by atoms with Crippen molar-refractivity contribution in [2.75, 3.05) is 18.4 Å².